The monoisotopic (exact) mass is 298 g/mol. The molecule has 0 bridgehead atoms. The van der Waals surface area contributed by atoms with E-state index in [1.165, 1.54) is 4.31 Å². The molecular weight excluding hydrogens is 272 g/mol. The first-order chi connectivity index (χ1) is 9.28. The SMILES string of the molecule is CNCc1ccc(C)c(S(=O)(=O)N(C)CCC(C)C)c1. The summed E-state index contributed by atoms with van der Waals surface area (Å²) in [7, 11) is 0.104. The molecule has 0 heterocycles. The van der Waals surface area contributed by atoms with Crippen LogP contribution in [0.25, 0.3) is 0 Å². The Balaban J connectivity index is 3.04. The van der Waals surface area contributed by atoms with Crippen LogP contribution in [0.15, 0.2) is 23.1 Å². The summed E-state index contributed by atoms with van der Waals surface area (Å²) in [5.41, 5.74) is 1.77. The summed E-state index contributed by atoms with van der Waals surface area (Å²) in [6.07, 6.45) is 0.866. The molecule has 5 heteroatoms. The topological polar surface area (TPSA) is 49.4 Å². The van der Waals surface area contributed by atoms with E-state index in [2.05, 4.69) is 19.2 Å². The largest absolute Gasteiger partial charge is 0.316 e. The van der Waals surface area contributed by atoms with Crippen LogP contribution in [0.3, 0.4) is 0 Å². The third kappa shape index (κ3) is 4.30. The van der Waals surface area contributed by atoms with Crippen LogP contribution in [0.2, 0.25) is 0 Å². The fourth-order valence-electron chi connectivity index (χ4n) is 1.96. The molecule has 0 saturated heterocycles. The van der Waals surface area contributed by atoms with E-state index in [0.717, 1.165) is 17.5 Å². The smallest absolute Gasteiger partial charge is 0.243 e. The van der Waals surface area contributed by atoms with E-state index in [9.17, 15) is 8.42 Å². The van der Waals surface area contributed by atoms with Gasteiger partial charge in [-0.3, -0.25) is 0 Å². The van der Waals surface area contributed by atoms with Crippen molar-refractivity contribution in [3.05, 3.63) is 29.3 Å². The van der Waals surface area contributed by atoms with Crippen molar-refractivity contribution >= 4 is 10.0 Å². The molecule has 4 nitrogen and oxygen atoms in total. The van der Waals surface area contributed by atoms with Crippen LogP contribution in [-0.4, -0.2) is 33.4 Å². The highest BCUT2D eigenvalue weighted by molar-refractivity contribution is 7.89. The van der Waals surface area contributed by atoms with E-state index in [1.807, 2.05) is 26.1 Å². The van der Waals surface area contributed by atoms with Gasteiger partial charge in [0.25, 0.3) is 0 Å². The highest BCUT2D eigenvalue weighted by atomic mass is 32.2. The van der Waals surface area contributed by atoms with Crippen molar-refractivity contribution < 1.29 is 8.42 Å². The molecule has 0 amide bonds. The lowest BCUT2D eigenvalue weighted by atomic mass is 10.1. The van der Waals surface area contributed by atoms with Crippen LogP contribution in [0, 0.1) is 12.8 Å². The minimum atomic E-state index is -3.40. The van der Waals surface area contributed by atoms with Crippen molar-refractivity contribution in [2.75, 3.05) is 20.6 Å². The number of hydrogen-bond donors (Lipinski definition) is 1. The van der Waals surface area contributed by atoms with E-state index in [0.29, 0.717) is 23.9 Å². The lowest BCUT2D eigenvalue weighted by molar-refractivity contribution is 0.427. The fraction of sp³-hybridized carbons (Fsp3) is 0.600. The van der Waals surface area contributed by atoms with E-state index >= 15 is 0 Å². The summed E-state index contributed by atoms with van der Waals surface area (Å²) in [6.45, 7) is 7.25. The second kappa shape index (κ2) is 7.20. The van der Waals surface area contributed by atoms with E-state index in [-0.39, 0.29) is 0 Å². The van der Waals surface area contributed by atoms with Crippen LogP contribution in [0.1, 0.15) is 31.4 Å². The Bertz CT molecular complexity index is 539. The molecule has 0 spiro atoms. The van der Waals surface area contributed by atoms with Gasteiger partial charge in [0.15, 0.2) is 0 Å². The zero-order valence-electron chi connectivity index (χ0n) is 13.1. The summed E-state index contributed by atoms with van der Waals surface area (Å²) in [6, 6.07) is 5.60. The fourth-order valence-corrected chi connectivity index (χ4v) is 3.42. The van der Waals surface area contributed by atoms with E-state index in [4.69, 9.17) is 0 Å². The number of sulfonamides is 1. The van der Waals surface area contributed by atoms with Crippen molar-refractivity contribution in [1.82, 2.24) is 9.62 Å². The van der Waals surface area contributed by atoms with Gasteiger partial charge in [0.1, 0.15) is 0 Å². The summed E-state index contributed by atoms with van der Waals surface area (Å²) < 4.78 is 26.7. The van der Waals surface area contributed by atoms with Gasteiger partial charge in [-0.25, -0.2) is 12.7 Å². The van der Waals surface area contributed by atoms with Crippen LogP contribution in [0.4, 0.5) is 0 Å². The van der Waals surface area contributed by atoms with Crippen LogP contribution in [0.5, 0.6) is 0 Å². The molecule has 0 fully saturated rings. The summed E-state index contributed by atoms with van der Waals surface area (Å²) in [5, 5.41) is 3.04. The highest BCUT2D eigenvalue weighted by Gasteiger charge is 2.22. The van der Waals surface area contributed by atoms with Crippen molar-refractivity contribution in [3.8, 4) is 0 Å². The molecule has 0 saturated carbocycles. The highest BCUT2D eigenvalue weighted by Crippen LogP contribution is 2.21. The van der Waals surface area contributed by atoms with Gasteiger partial charge >= 0.3 is 0 Å². The zero-order valence-corrected chi connectivity index (χ0v) is 13.9. The standard InChI is InChI=1S/C15H26N2O2S/c1-12(2)8-9-17(5)20(18,19)15-10-14(11-16-4)7-6-13(15)3/h6-7,10,12,16H,8-9,11H2,1-5H3. The molecule has 1 aromatic rings. The van der Waals surface area contributed by atoms with Crippen LogP contribution >= 0.6 is 0 Å². The molecule has 0 aromatic heterocycles. The third-order valence-electron chi connectivity index (χ3n) is 3.34. The maximum Gasteiger partial charge on any atom is 0.243 e. The minimum absolute atomic E-state index is 0.413. The molecule has 0 radical (unpaired) electrons. The lowest BCUT2D eigenvalue weighted by Crippen LogP contribution is -2.29. The molecule has 1 N–H and O–H groups in total. The first-order valence-electron chi connectivity index (χ1n) is 6.99. The van der Waals surface area contributed by atoms with Gasteiger partial charge in [-0.05, 0) is 43.5 Å². The van der Waals surface area contributed by atoms with Crippen LogP contribution < -0.4 is 5.32 Å². The van der Waals surface area contributed by atoms with Crippen molar-refractivity contribution in [1.29, 1.82) is 0 Å². The Hall–Kier alpha value is -0.910. The number of aryl methyl sites for hydroxylation is 1. The summed E-state index contributed by atoms with van der Waals surface area (Å²) in [5.74, 6) is 0.490. The molecule has 1 rings (SSSR count). The molecule has 0 aliphatic heterocycles. The molecule has 0 aliphatic rings. The number of hydrogen-bond acceptors (Lipinski definition) is 3. The van der Waals surface area contributed by atoms with Gasteiger partial charge in [0.2, 0.25) is 10.0 Å². The predicted molar refractivity (Wildman–Crippen MR) is 83.2 cm³/mol. The van der Waals surface area contributed by atoms with E-state index < -0.39 is 10.0 Å². The first-order valence-corrected chi connectivity index (χ1v) is 8.43. The van der Waals surface area contributed by atoms with Gasteiger partial charge < -0.3 is 5.32 Å². The number of benzene rings is 1. The Labute approximate surface area is 123 Å². The Morgan fingerprint density at radius 3 is 2.50 bits per heavy atom. The number of nitrogens with zero attached hydrogens (tertiary/aromatic N) is 1. The van der Waals surface area contributed by atoms with Crippen molar-refractivity contribution in [2.45, 2.75) is 38.6 Å². The second-order valence-electron chi connectivity index (χ2n) is 5.64. The van der Waals surface area contributed by atoms with Gasteiger partial charge in [-0.1, -0.05) is 26.0 Å². The number of rotatable bonds is 7. The molecular formula is C15H26N2O2S. The van der Waals surface area contributed by atoms with E-state index in [1.54, 1.807) is 13.1 Å². The summed E-state index contributed by atoms with van der Waals surface area (Å²) in [4.78, 5) is 0.413. The molecule has 1 aromatic carbocycles. The van der Waals surface area contributed by atoms with Gasteiger partial charge in [-0.15, -0.1) is 0 Å². The summed E-state index contributed by atoms with van der Waals surface area (Å²) >= 11 is 0. The lowest BCUT2D eigenvalue weighted by Gasteiger charge is -2.20. The predicted octanol–water partition coefficient (Wildman–Crippen LogP) is 2.38. The quantitative estimate of drug-likeness (QED) is 0.841. The first kappa shape index (κ1) is 17.1. The molecule has 114 valence electrons. The van der Waals surface area contributed by atoms with Gasteiger partial charge in [0.05, 0.1) is 4.90 Å². The second-order valence-corrected chi connectivity index (χ2v) is 7.65. The van der Waals surface area contributed by atoms with Gasteiger partial charge in [0, 0.05) is 20.1 Å². The Morgan fingerprint density at radius 1 is 1.30 bits per heavy atom. The minimum Gasteiger partial charge on any atom is -0.316 e. The van der Waals surface area contributed by atoms with Crippen molar-refractivity contribution in [2.24, 2.45) is 5.92 Å². The van der Waals surface area contributed by atoms with Crippen LogP contribution in [-0.2, 0) is 16.6 Å². The Morgan fingerprint density at radius 2 is 1.95 bits per heavy atom. The normalized spacial score (nSPS) is 12.3. The number of nitrogens with one attached hydrogen (secondary N) is 1. The maximum atomic E-state index is 12.6. The molecule has 0 atom stereocenters. The Kier molecular flexibility index (Phi) is 6.17. The zero-order chi connectivity index (χ0) is 15.3. The average Bonchev–Trinajstić information content (AvgIpc) is 2.38. The molecule has 0 aliphatic carbocycles. The van der Waals surface area contributed by atoms with Gasteiger partial charge in [-0.2, -0.15) is 0 Å². The maximum absolute atomic E-state index is 12.6. The molecule has 20 heavy (non-hydrogen) atoms. The average molecular weight is 298 g/mol. The van der Waals surface area contributed by atoms with Crippen molar-refractivity contribution in [3.63, 3.8) is 0 Å². The molecule has 0 unspecified atom stereocenters. The third-order valence-corrected chi connectivity index (χ3v) is 5.34.